The van der Waals surface area contributed by atoms with Gasteiger partial charge in [-0.05, 0) is 37.1 Å². The standard InChI is InChI=1S/C23H29N3O6S/c1-15(23(27)25-17-6-5-7-19(12-17)33(24,28)29)26-10-8-16(9-11-26)22-20(31-3)13-18(30-2)14-21(22)32-4/h5-8,12-15H,9-11H2,1-4H3,(H,25,27)(H2,24,28,29). The summed E-state index contributed by atoms with van der Waals surface area (Å²) in [7, 11) is 0.942. The Bertz CT molecular complexity index is 1140. The molecule has 1 unspecified atom stereocenters. The van der Waals surface area contributed by atoms with Crippen molar-refractivity contribution >= 4 is 27.2 Å². The number of carbonyl (C=O) groups is 1. The molecule has 0 saturated carbocycles. The van der Waals surface area contributed by atoms with Crippen LogP contribution in [-0.2, 0) is 14.8 Å². The molecule has 0 radical (unpaired) electrons. The summed E-state index contributed by atoms with van der Waals surface area (Å²) in [4.78, 5) is 14.8. The lowest BCUT2D eigenvalue weighted by atomic mass is 9.96. The Morgan fingerprint density at radius 1 is 1.09 bits per heavy atom. The van der Waals surface area contributed by atoms with Crippen LogP contribution in [0.2, 0.25) is 0 Å². The van der Waals surface area contributed by atoms with Crippen LogP contribution in [-0.4, -0.2) is 59.7 Å². The third-order valence-corrected chi connectivity index (χ3v) is 6.54. The van der Waals surface area contributed by atoms with Gasteiger partial charge >= 0.3 is 0 Å². The molecule has 1 aliphatic heterocycles. The van der Waals surface area contributed by atoms with E-state index in [0.29, 0.717) is 42.4 Å². The van der Waals surface area contributed by atoms with Gasteiger partial charge in [-0.1, -0.05) is 12.1 Å². The molecule has 3 N–H and O–H groups in total. The molecule has 1 aliphatic rings. The second-order valence-corrected chi connectivity index (χ2v) is 9.18. The first-order valence-electron chi connectivity index (χ1n) is 10.3. The number of methoxy groups -OCH3 is 3. The number of nitrogens with one attached hydrogen (secondary N) is 1. The van der Waals surface area contributed by atoms with Crippen LogP contribution in [0.25, 0.3) is 5.57 Å². The lowest BCUT2D eigenvalue weighted by Crippen LogP contribution is -2.44. The predicted molar refractivity (Wildman–Crippen MR) is 126 cm³/mol. The maximum Gasteiger partial charge on any atom is 0.241 e. The minimum atomic E-state index is -3.85. The zero-order valence-electron chi connectivity index (χ0n) is 19.1. The fourth-order valence-electron chi connectivity index (χ4n) is 3.75. The number of sulfonamides is 1. The summed E-state index contributed by atoms with van der Waals surface area (Å²) in [5.41, 5.74) is 2.31. The van der Waals surface area contributed by atoms with E-state index in [9.17, 15) is 13.2 Å². The molecule has 10 heteroatoms. The molecule has 1 amide bonds. The first-order valence-corrected chi connectivity index (χ1v) is 11.9. The smallest absolute Gasteiger partial charge is 0.241 e. The van der Waals surface area contributed by atoms with Crippen LogP contribution in [0.15, 0.2) is 47.4 Å². The van der Waals surface area contributed by atoms with Gasteiger partial charge in [-0.2, -0.15) is 0 Å². The Morgan fingerprint density at radius 2 is 1.76 bits per heavy atom. The number of hydrogen-bond acceptors (Lipinski definition) is 7. The average Bonchev–Trinajstić information content (AvgIpc) is 2.82. The summed E-state index contributed by atoms with van der Waals surface area (Å²) in [6.45, 7) is 3.02. The number of nitrogens with two attached hydrogens (primary N) is 1. The Hall–Kier alpha value is -3.08. The third kappa shape index (κ3) is 5.65. The van der Waals surface area contributed by atoms with Crippen LogP contribution in [0.4, 0.5) is 5.69 Å². The summed E-state index contributed by atoms with van der Waals surface area (Å²) in [6.07, 6.45) is 2.75. The molecular weight excluding hydrogens is 446 g/mol. The molecule has 2 aromatic carbocycles. The van der Waals surface area contributed by atoms with Gasteiger partial charge < -0.3 is 19.5 Å². The Morgan fingerprint density at radius 3 is 2.27 bits per heavy atom. The minimum Gasteiger partial charge on any atom is -0.496 e. The van der Waals surface area contributed by atoms with Gasteiger partial charge in [0.05, 0.1) is 37.8 Å². The number of anilines is 1. The topological polar surface area (TPSA) is 120 Å². The van der Waals surface area contributed by atoms with Gasteiger partial charge in [0.25, 0.3) is 0 Å². The van der Waals surface area contributed by atoms with Crippen molar-refractivity contribution in [1.29, 1.82) is 0 Å². The molecule has 1 heterocycles. The van der Waals surface area contributed by atoms with Gasteiger partial charge in [0.1, 0.15) is 17.2 Å². The molecule has 3 rings (SSSR count). The van der Waals surface area contributed by atoms with Crippen molar-refractivity contribution in [3.05, 3.63) is 48.0 Å². The minimum absolute atomic E-state index is 0.0547. The maximum atomic E-state index is 12.8. The number of ether oxygens (including phenoxy) is 3. The van der Waals surface area contributed by atoms with Crippen molar-refractivity contribution in [1.82, 2.24) is 4.90 Å². The van der Waals surface area contributed by atoms with Gasteiger partial charge in [0, 0.05) is 30.9 Å². The van der Waals surface area contributed by atoms with E-state index in [4.69, 9.17) is 19.3 Å². The highest BCUT2D eigenvalue weighted by Crippen LogP contribution is 2.41. The van der Waals surface area contributed by atoms with Crippen molar-refractivity contribution < 1.29 is 27.4 Å². The Balaban J connectivity index is 1.74. The number of hydrogen-bond donors (Lipinski definition) is 2. The highest BCUT2D eigenvalue weighted by molar-refractivity contribution is 7.89. The number of primary sulfonamides is 1. The lowest BCUT2D eigenvalue weighted by molar-refractivity contribution is -0.120. The SMILES string of the molecule is COc1cc(OC)c(C2=CCN(C(C)C(=O)Nc3cccc(S(N)(=O)=O)c3)CC2)c(OC)c1. The molecule has 1 atom stereocenters. The fourth-order valence-corrected chi connectivity index (χ4v) is 4.31. The Labute approximate surface area is 194 Å². The number of carbonyl (C=O) groups excluding carboxylic acids is 1. The highest BCUT2D eigenvalue weighted by atomic mass is 32.2. The molecule has 0 saturated heterocycles. The molecule has 0 fully saturated rings. The van der Waals surface area contributed by atoms with E-state index in [0.717, 1.165) is 11.1 Å². The number of rotatable bonds is 8. The summed E-state index contributed by atoms with van der Waals surface area (Å²) in [5.74, 6) is 1.72. The van der Waals surface area contributed by atoms with Crippen molar-refractivity contribution in [2.45, 2.75) is 24.3 Å². The van der Waals surface area contributed by atoms with Crippen LogP contribution in [0, 0.1) is 0 Å². The molecule has 33 heavy (non-hydrogen) atoms. The fraction of sp³-hybridized carbons (Fsp3) is 0.348. The van der Waals surface area contributed by atoms with Gasteiger partial charge in [0.15, 0.2) is 0 Å². The van der Waals surface area contributed by atoms with E-state index < -0.39 is 16.1 Å². The average molecular weight is 476 g/mol. The van der Waals surface area contributed by atoms with Crippen LogP contribution in [0.1, 0.15) is 18.9 Å². The normalized spacial score (nSPS) is 15.4. The van der Waals surface area contributed by atoms with Crippen molar-refractivity contribution in [3.63, 3.8) is 0 Å². The molecule has 178 valence electrons. The van der Waals surface area contributed by atoms with E-state index in [-0.39, 0.29) is 10.8 Å². The molecule has 2 aromatic rings. The summed E-state index contributed by atoms with van der Waals surface area (Å²) < 4.78 is 39.6. The van der Waals surface area contributed by atoms with E-state index in [2.05, 4.69) is 11.4 Å². The van der Waals surface area contributed by atoms with E-state index >= 15 is 0 Å². The van der Waals surface area contributed by atoms with Gasteiger partial charge in [-0.15, -0.1) is 0 Å². The first-order chi connectivity index (χ1) is 15.7. The van der Waals surface area contributed by atoms with Crippen LogP contribution >= 0.6 is 0 Å². The summed E-state index contributed by atoms with van der Waals surface area (Å²) >= 11 is 0. The summed E-state index contributed by atoms with van der Waals surface area (Å²) in [6, 6.07) is 9.08. The molecule has 0 aliphatic carbocycles. The molecule has 0 spiro atoms. The highest BCUT2D eigenvalue weighted by Gasteiger charge is 2.26. The maximum absolute atomic E-state index is 12.8. The van der Waals surface area contributed by atoms with Crippen LogP contribution in [0.5, 0.6) is 17.2 Å². The monoisotopic (exact) mass is 475 g/mol. The molecule has 0 bridgehead atoms. The van der Waals surface area contributed by atoms with Crippen molar-refractivity contribution in [2.75, 3.05) is 39.7 Å². The first kappa shape index (κ1) is 24.6. The van der Waals surface area contributed by atoms with Gasteiger partial charge in [0.2, 0.25) is 15.9 Å². The number of amides is 1. The zero-order chi connectivity index (χ0) is 24.2. The van der Waals surface area contributed by atoms with E-state index in [1.807, 2.05) is 24.0 Å². The van der Waals surface area contributed by atoms with Crippen LogP contribution < -0.4 is 24.7 Å². The largest absolute Gasteiger partial charge is 0.496 e. The second-order valence-electron chi connectivity index (χ2n) is 7.62. The lowest BCUT2D eigenvalue weighted by Gasteiger charge is -2.31. The van der Waals surface area contributed by atoms with Crippen molar-refractivity contribution in [3.8, 4) is 17.2 Å². The molecular formula is C23H29N3O6S. The second kappa shape index (κ2) is 10.2. The van der Waals surface area contributed by atoms with Gasteiger partial charge in [-0.3, -0.25) is 9.69 Å². The molecule has 0 aromatic heterocycles. The zero-order valence-corrected chi connectivity index (χ0v) is 19.9. The Kier molecular flexibility index (Phi) is 7.62. The predicted octanol–water partition coefficient (Wildman–Crippen LogP) is 2.48. The quantitative estimate of drug-likeness (QED) is 0.602. The third-order valence-electron chi connectivity index (χ3n) is 5.63. The molecule has 9 nitrogen and oxygen atoms in total. The van der Waals surface area contributed by atoms with Crippen molar-refractivity contribution in [2.24, 2.45) is 5.14 Å². The summed E-state index contributed by atoms with van der Waals surface area (Å²) in [5, 5.41) is 7.94. The van der Waals surface area contributed by atoms with E-state index in [1.54, 1.807) is 27.4 Å². The number of benzene rings is 2. The van der Waals surface area contributed by atoms with Crippen LogP contribution in [0.3, 0.4) is 0 Å². The number of nitrogens with zero attached hydrogens (tertiary/aromatic N) is 1. The van der Waals surface area contributed by atoms with E-state index in [1.165, 1.54) is 18.2 Å². The van der Waals surface area contributed by atoms with Gasteiger partial charge in [-0.25, -0.2) is 13.6 Å².